The number of thiophene rings is 1. The number of aromatic amines is 1. The van der Waals surface area contributed by atoms with Gasteiger partial charge < -0.3 is 20.3 Å². The first-order valence-corrected chi connectivity index (χ1v) is 15.2. The van der Waals surface area contributed by atoms with Gasteiger partial charge in [-0.1, -0.05) is 81.0 Å². The molecule has 7 heteroatoms. The van der Waals surface area contributed by atoms with Gasteiger partial charge in [-0.25, -0.2) is 4.79 Å². The fraction of sp³-hybridized carbons (Fsp3) is 0.394. The third-order valence-corrected chi connectivity index (χ3v) is 9.38. The van der Waals surface area contributed by atoms with E-state index < -0.39 is 5.97 Å². The third-order valence-electron chi connectivity index (χ3n) is 8.21. The van der Waals surface area contributed by atoms with Crippen LogP contribution < -0.4 is 0 Å². The Bertz CT molecular complexity index is 1480. The lowest BCUT2D eigenvalue weighted by atomic mass is 9.83. The van der Waals surface area contributed by atoms with E-state index in [1.165, 1.54) is 37.7 Å². The Kier molecular flexibility index (Phi) is 9.02. The summed E-state index contributed by atoms with van der Waals surface area (Å²) >= 11 is 0.833. The lowest BCUT2D eigenvalue weighted by molar-refractivity contribution is 0.0702. The SMILES string of the molecule is O=C(O)c1sc(C(=O)c2c[nH]c3c(CCCCCCCO)cccc23)c(O)c1-c1ccc(C2CCCCC2)cc1. The van der Waals surface area contributed by atoms with Crippen LogP contribution in [0.25, 0.3) is 22.0 Å². The number of fused-ring (bicyclic) bond motifs is 1. The number of rotatable bonds is 12. The van der Waals surface area contributed by atoms with Crippen molar-refractivity contribution in [2.45, 2.75) is 76.5 Å². The molecule has 4 N–H and O–H groups in total. The predicted molar refractivity (Wildman–Crippen MR) is 160 cm³/mol. The summed E-state index contributed by atoms with van der Waals surface area (Å²) in [6, 6.07) is 13.7. The number of para-hydroxylation sites is 1. The molecule has 2 heterocycles. The molecular weight excluding hydrogens is 522 g/mol. The molecule has 0 bridgehead atoms. The van der Waals surface area contributed by atoms with E-state index in [1.54, 1.807) is 6.20 Å². The molecule has 0 spiro atoms. The molecule has 0 atom stereocenters. The predicted octanol–water partition coefficient (Wildman–Crippen LogP) is 8.06. The molecule has 1 fully saturated rings. The van der Waals surface area contributed by atoms with Crippen molar-refractivity contribution < 1.29 is 24.9 Å². The summed E-state index contributed by atoms with van der Waals surface area (Å²) in [7, 11) is 0. The Morgan fingerprint density at radius 1 is 0.900 bits per heavy atom. The van der Waals surface area contributed by atoms with Gasteiger partial charge in [-0.15, -0.1) is 11.3 Å². The van der Waals surface area contributed by atoms with Gasteiger partial charge >= 0.3 is 5.97 Å². The van der Waals surface area contributed by atoms with Gasteiger partial charge in [-0.3, -0.25) is 4.79 Å². The minimum Gasteiger partial charge on any atom is -0.506 e. The van der Waals surface area contributed by atoms with Gasteiger partial charge in [0.1, 0.15) is 15.5 Å². The van der Waals surface area contributed by atoms with Gasteiger partial charge in [-0.05, 0) is 54.7 Å². The zero-order valence-corrected chi connectivity index (χ0v) is 23.6. The summed E-state index contributed by atoms with van der Waals surface area (Å²) in [4.78, 5) is 29.2. The first-order valence-electron chi connectivity index (χ1n) is 14.4. The molecule has 6 nitrogen and oxygen atoms in total. The molecule has 5 rings (SSSR count). The number of aromatic hydroxyl groups is 1. The minimum absolute atomic E-state index is 0.0343. The lowest BCUT2D eigenvalue weighted by Gasteiger charge is -2.22. The second-order valence-electron chi connectivity index (χ2n) is 10.9. The molecule has 2 aromatic heterocycles. The van der Waals surface area contributed by atoms with Crippen molar-refractivity contribution in [3.05, 3.63) is 75.1 Å². The number of nitrogens with one attached hydrogen (secondary N) is 1. The van der Waals surface area contributed by atoms with E-state index in [2.05, 4.69) is 11.1 Å². The van der Waals surface area contributed by atoms with Crippen molar-refractivity contribution in [1.82, 2.24) is 4.98 Å². The van der Waals surface area contributed by atoms with Gasteiger partial charge in [0.25, 0.3) is 0 Å². The van der Waals surface area contributed by atoms with E-state index >= 15 is 0 Å². The van der Waals surface area contributed by atoms with Crippen LogP contribution in [0.5, 0.6) is 5.75 Å². The monoisotopic (exact) mass is 559 g/mol. The van der Waals surface area contributed by atoms with Crippen LogP contribution in [0.2, 0.25) is 0 Å². The summed E-state index contributed by atoms with van der Waals surface area (Å²) < 4.78 is 0. The van der Waals surface area contributed by atoms with Crippen molar-refractivity contribution in [2.24, 2.45) is 0 Å². The normalized spacial score (nSPS) is 14.1. The fourth-order valence-corrected chi connectivity index (χ4v) is 7.06. The zero-order valence-electron chi connectivity index (χ0n) is 22.7. The van der Waals surface area contributed by atoms with Crippen LogP contribution in [0, 0.1) is 0 Å². The van der Waals surface area contributed by atoms with Crippen molar-refractivity contribution in [1.29, 1.82) is 0 Å². The van der Waals surface area contributed by atoms with Crippen LogP contribution in [-0.2, 0) is 6.42 Å². The molecule has 1 aliphatic rings. The van der Waals surface area contributed by atoms with Gasteiger partial charge in [-0.2, -0.15) is 0 Å². The van der Waals surface area contributed by atoms with E-state index in [-0.39, 0.29) is 33.5 Å². The number of carbonyl (C=O) groups is 2. The van der Waals surface area contributed by atoms with Gasteiger partial charge in [0, 0.05) is 34.8 Å². The first kappa shape index (κ1) is 28.1. The highest BCUT2D eigenvalue weighted by molar-refractivity contribution is 7.17. The van der Waals surface area contributed by atoms with Crippen molar-refractivity contribution in [3.8, 4) is 16.9 Å². The molecule has 4 aromatic rings. The lowest BCUT2D eigenvalue weighted by Crippen LogP contribution is -2.04. The third kappa shape index (κ3) is 5.86. The number of carboxylic acids is 1. The number of unbranched alkanes of at least 4 members (excludes halogenated alkanes) is 4. The number of hydrogen-bond donors (Lipinski definition) is 4. The number of hydrogen-bond acceptors (Lipinski definition) is 5. The number of aromatic carboxylic acids is 1. The molecule has 0 unspecified atom stereocenters. The Morgan fingerprint density at radius 3 is 2.35 bits per heavy atom. The molecule has 0 amide bonds. The standard InChI is InChI=1S/C33H37NO5S/c35-19-8-3-1-2-5-12-24-13-9-14-25-26(20-34-28(24)25)29(36)32-30(37)27(31(40-32)33(38)39)23-17-15-22(16-18-23)21-10-6-4-7-11-21/h9,13-18,20-21,34-35,37H,1-8,10-12,19H2,(H,38,39). The van der Waals surface area contributed by atoms with E-state index in [0.717, 1.165) is 66.3 Å². The van der Waals surface area contributed by atoms with Crippen molar-refractivity contribution in [2.75, 3.05) is 6.61 Å². The summed E-state index contributed by atoms with van der Waals surface area (Å²) in [5, 5.41) is 30.9. The van der Waals surface area contributed by atoms with Crippen LogP contribution >= 0.6 is 11.3 Å². The van der Waals surface area contributed by atoms with Crippen LogP contribution in [0.1, 0.15) is 106 Å². The summed E-state index contributed by atoms with van der Waals surface area (Å²) in [5.41, 5.74) is 4.50. The number of aryl methyl sites for hydroxylation is 1. The maximum atomic E-state index is 13.7. The minimum atomic E-state index is -1.16. The molecular formula is C33H37NO5S. The molecule has 210 valence electrons. The van der Waals surface area contributed by atoms with E-state index in [4.69, 9.17) is 5.11 Å². The van der Waals surface area contributed by atoms with Crippen LogP contribution in [-0.4, -0.2) is 38.7 Å². The summed E-state index contributed by atoms with van der Waals surface area (Å²) in [6.07, 6.45) is 13.6. The second kappa shape index (κ2) is 12.8. The van der Waals surface area contributed by atoms with Gasteiger partial charge in [0.05, 0.1) is 0 Å². The smallest absolute Gasteiger partial charge is 0.346 e. The number of carboxylic acid groups (broad SMARTS) is 1. The highest BCUT2D eigenvalue weighted by atomic mass is 32.1. The van der Waals surface area contributed by atoms with Crippen LogP contribution in [0.15, 0.2) is 48.7 Å². The molecule has 1 aliphatic carbocycles. The van der Waals surface area contributed by atoms with E-state index in [0.29, 0.717) is 17.0 Å². The molecule has 0 saturated heterocycles. The number of aliphatic hydroxyl groups is 1. The highest BCUT2D eigenvalue weighted by Crippen LogP contribution is 2.44. The van der Waals surface area contributed by atoms with Crippen LogP contribution in [0.3, 0.4) is 0 Å². The Hall–Kier alpha value is -3.42. The molecule has 0 aliphatic heterocycles. The Labute approximate surface area is 238 Å². The molecule has 40 heavy (non-hydrogen) atoms. The van der Waals surface area contributed by atoms with E-state index in [9.17, 15) is 19.8 Å². The number of aliphatic hydroxyl groups excluding tert-OH is 1. The largest absolute Gasteiger partial charge is 0.506 e. The van der Waals surface area contributed by atoms with Crippen molar-refractivity contribution >= 4 is 34.0 Å². The average molecular weight is 560 g/mol. The topological polar surface area (TPSA) is 111 Å². The molecule has 0 radical (unpaired) electrons. The first-order chi connectivity index (χ1) is 19.5. The van der Waals surface area contributed by atoms with Crippen molar-refractivity contribution in [3.63, 3.8) is 0 Å². The van der Waals surface area contributed by atoms with Crippen LogP contribution in [0.4, 0.5) is 0 Å². The average Bonchev–Trinajstić information content (AvgIpc) is 3.57. The quantitative estimate of drug-likeness (QED) is 0.104. The number of aromatic nitrogens is 1. The second-order valence-corrected chi connectivity index (χ2v) is 11.9. The number of benzene rings is 2. The van der Waals surface area contributed by atoms with Gasteiger partial charge in [0.2, 0.25) is 5.78 Å². The maximum absolute atomic E-state index is 13.7. The summed E-state index contributed by atoms with van der Waals surface area (Å²) in [6.45, 7) is 0.237. The molecule has 1 saturated carbocycles. The number of ketones is 1. The highest BCUT2D eigenvalue weighted by Gasteiger charge is 2.29. The Morgan fingerprint density at radius 2 is 1.62 bits per heavy atom. The van der Waals surface area contributed by atoms with E-state index in [1.807, 2.05) is 36.4 Å². The number of carbonyl (C=O) groups excluding carboxylic acids is 1. The zero-order chi connectivity index (χ0) is 28.1. The summed E-state index contributed by atoms with van der Waals surface area (Å²) in [5.74, 6) is -1.30. The molecule has 2 aromatic carbocycles. The Balaban J connectivity index is 1.41. The number of H-pyrrole nitrogens is 1. The van der Waals surface area contributed by atoms with Gasteiger partial charge in [0.15, 0.2) is 0 Å². The fourth-order valence-electron chi connectivity index (χ4n) is 6.05. The maximum Gasteiger partial charge on any atom is 0.346 e.